The summed E-state index contributed by atoms with van der Waals surface area (Å²) in [5.41, 5.74) is 1.54. The van der Waals surface area contributed by atoms with Crippen molar-refractivity contribution in [3.8, 4) is 11.5 Å². The first-order chi connectivity index (χ1) is 16.7. The molecule has 0 spiro atoms. The normalized spacial score (nSPS) is 15.3. The first-order valence-electron chi connectivity index (χ1n) is 10.5. The van der Waals surface area contributed by atoms with Crippen LogP contribution in [0.4, 0.5) is 0 Å². The molecule has 0 amide bonds. The van der Waals surface area contributed by atoms with E-state index >= 15 is 0 Å². The molecule has 35 heavy (non-hydrogen) atoms. The van der Waals surface area contributed by atoms with Crippen LogP contribution in [0.5, 0.6) is 11.5 Å². The molecule has 180 valence electrons. The van der Waals surface area contributed by atoms with Gasteiger partial charge in [-0.15, -0.1) is 0 Å². The van der Waals surface area contributed by atoms with E-state index in [9.17, 15) is 14.4 Å². The molecule has 1 aliphatic rings. The van der Waals surface area contributed by atoms with Crippen LogP contribution in [-0.4, -0.2) is 30.7 Å². The number of carbonyl (C=O) groups is 2. The number of halogens is 1. The number of aromatic nitrogens is 1. The number of nitrogens with zero attached hydrogens (tertiary/aromatic N) is 2. The van der Waals surface area contributed by atoms with E-state index in [2.05, 4.69) is 4.99 Å². The van der Waals surface area contributed by atoms with Crippen LogP contribution in [0, 0.1) is 0 Å². The minimum absolute atomic E-state index is 0.214. The van der Waals surface area contributed by atoms with Crippen LogP contribution in [0.2, 0.25) is 5.02 Å². The average molecular weight is 513 g/mol. The molecular weight excluding hydrogens is 492 g/mol. The van der Waals surface area contributed by atoms with E-state index in [0.717, 1.165) is 0 Å². The molecule has 0 N–H and O–H groups in total. The molecule has 1 aliphatic heterocycles. The van der Waals surface area contributed by atoms with Crippen LogP contribution in [0.1, 0.15) is 31.0 Å². The second-order valence-corrected chi connectivity index (χ2v) is 9.02. The Bertz CT molecular complexity index is 1550. The maximum Gasteiger partial charge on any atom is 0.338 e. The van der Waals surface area contributed by atoms with Crippen molar-refractivity contribution in [2.45, 2.75) is 19.9 Å². The lowest BCUT2D eigenvalue weighted by Gasteiger charge is -2.25. The first-order valence-corrected chi connectivity index (χ1v) is 11.7. The Morgan fingerprint density at radius 3 is 2.54 bits per heavy atom. The molecule has 0 saturated carbocycles. The largest absolute Gasteiger partial charge is 0.493 e. The van der Waals surface area contributed by atoms with Crippen molar-refractivity contribution in [1.29, 1.82) is 0 Å². The molecule has 0 unspecified atom stereocenters. The van der Waals surface area contributed by atoms with Crippen molar-refractivity contribution in [2.24, 2.45) is 4.99 Å². The van der Waals surface area contributed by atoms with Gasteiger partial charge in [0.05, 0.1) is 36.1 Å². The number of hydrogen-bond donors (Lipinski definition) is 0. The van der Waals surface area contributed by atoms with E-state index in [-0.39, 0.29) is 22.6 Å². The number of ether oxygens (including phenoxy) is 3. The fourth-order valence-electron chi connectivity index (χ4n) is 3.83. The highest BCUT2D eigenvalue weighted by Crippen LogP contribution is 2.36. The van der Waals surface area contributed by atoms with E-state index in [1.54, 1.807) is 43.3 Å². The van der Waals surface area contributed by atoms with Crippen molar-refractivity contribution in [1.82, 2.24) is 4.57 Å². The zero-order valence-electron chi connectivity index (χ0n) is 19.3. The number of methoxy groups -OCH3 is 2. The third kappa shape index (κ3) is 4.65. The van der Waals surface area contributed by atoms with Gasteiger partial charge in [0.2, 0.25) is 0 Å². The van der Waals surface area contributed by atoms with E-state index in [1.165, 1.54) is 37.0 Å². The van der Waals surface area contributed by atoms with E-state index in [1.807, 2.05) is 12.1 Å². The number of allylic oxidation sites excluding steroid dienone is 1. The molecule has 4 rings (SSSR count). The lowest BCUT2D eigenvalue weighted by Crippen LogP contribution is -2.39. The second-order valence-electron chi connectivity index (χ2n) is 7.60. The zero-order chi connectivity index (χ0) is 25.3. The summed E-state index contributed by atoms with van der Waals surface area (Å²) in [6, 6.07) is 11.2. The summed E-state index contributed by atoms with van der Waals surface area (Å²) in [6.45, 7) is 2.97. The summed E-state index contributed by atoms with van der Waals surface area (Å²) in [4.78, 5) is 42.8. The van der Waals surface area contributed by atoms with Crippen molar-refractivity contribution < 1.29 is 23.8 Å². The molecule has 0 aliphatic carbocycles. The van der Waals surface area contributed by atoms with Crippen molar-refractivity contribution in [3.63, 3.8) is 0 Å². The van der Waals surface area contributed by atoms with Crippen LogP contribution >= 0.6 is 22.9 Å². The molecule has 3 aromatic rings. The van der Waals surface area contributed by atoms with Crippen molar-refractivity contribution in [2.75, 3.05) is 14.2 Å². The predicted molar refractivity (Wildman–Crippen MR) is 132 cm³/mol. The number of fused-ring (bicyclic) bond motifs is 1. The minimum Gasteiger partial charge on any atom is -0.493 e. The minimum atomic E-state index is -0.840. The third-order valence-corrected chi connectivity index (χ3v) is 6.70. The molecule has 1 atom stereocenters. The van der Waals surface area contributed by atoms with Gasteiger partial charge < -0.3 is 14.2 Å². The summed E-state index contributed by atoms with van der Waals surface area (Å²) in [6.07, 6.45) is 1.70. The number of rotatable bonds is 5. The number of benzene rings is 2. The molecular formula is C25H21ClN2O6S. The maximum absolute atomic E-state index is 13.6. The van der Waals surface area contributed by atoms with Gasteiger partial charge >= 0.3 is 11.9 Å². The molecule has 1 aromatic heterocycles. The van der Waals surface area contributed by atoms with E-state index in [0.29, 0.717) is 31.2 Å². The topological polar surface area (TPSA) is 96.2 Å². The standard InChI is InChI=1S/C25H21ClN2O6S/c1-13-21(24(31)33-4)22(16-9-10-18(34-14(2)29)19(11-16)32-3)28-23(30)20(35-25(28)27-13)12-15-7-5-6-8-17(15)26/h5-12,22H,1-4H3/b20-12-/t22-/m1/s1. The Morgan fingerprint density at radius 2 is 1.89 bits per heavy atom. The Balaban J connectivity index is 1.97. The highest BCUT2D eigenvalue weighted by atomic mass is 35.5. The molecule has 0 saturated heterocycles. The average Bonchev–Trinajstić information content (AvgIpc) is 3.13. The number of esters is 2. The Labute approximate surface area is 209 Å². The molecule has 0 fully saturated rings. The monoisotopic (exact) mass is 512 g/mol. The van der Waals surface area contributed by atoms with Gasteiger partial charge in [0.25, 0.3) is 5.56 Å². The van der Waals surface area contributed by atoms with Crippen LogP contribution in [-0.2, 0) is 14.3 Å². The summed E-state index contributed by atoms with van der Waals surface area (Å²) in [7, 11) is 2.70. The number of hydrogen-bond acceptors (Lipinski definition) is 8. The van der Waals surface area contributed by atoms with Crippen LogP contribution < -0.4 is 24.4 Å². The summed E-state index contributed by atoms with van der Waals surface area (Å²) < 4.78 is 17.5. The van der Waals surface area contributed by atoms with E-state index in [4.69, 9.17) is 25.8 Å². The maximum atomic E-state index is 13.6. The lowest BCUT2D eigenvalue weighted by atomic mass is 9.95. The highest BCUT2D eigenvalue weighted by molar-refractivity contribution is 7.07. The summed E-state index contributed by atoms with van der Waals surface area (Å²) in [5.74, 6) is -0.626. The predicted octanol–water partition coefficient (Wildman–Crippen LogP) is 3.00. The van der Waals surface area contributed by atoms with Gasteiger partial charge in [-0.3, -0.25) is 14.2 Å². The zero-order valence-corrected chi connectivity index (χ0v) is 20.9. The first kappa shape index (κ1) is 24.4. The number of thiazole rings is 1. The molecule has 8 nitrogen and oxygen atoms in total. The van der Waals surface area contributed by atoms with Crippen LogP contribution in [0.15, 0.2) is 63.5 Å². The van der Waals surface area contributed by atoms with E-state index < -0.39 is 18.0 Å². The van der Waals surface area contributed by atoms with Gasteiger partial charge in [-0.05, 0) is 42.3 Å². The van der Waals surface area contributed by atoms with Gasteiger partial charge in [0, 0.05) is 11.9 Å². The fourth-order valence-corrected chi connectivity index (χ4v) is 5.06. The van der Waals surface area contributed by atoms with Gasteiger partial charge in [0.15, 0.2) is 16.3 Å². The molecule has 0 bridgehead atoms. The molecule has 2 heterocycles. The highest BCUT2D eigenvalue weighted by Gasteiger charge is 2.33. The molecule has 2 aromatic carbocycles. The Morgan fingerprint density at radius 1 is 1.14 bits per heavy atom. The fraction of sp³-hybridized carbons (Fsp3) is 0.200. The van der Waals surface area contributed by atoms with Gasteiger partial charge in [0.1, 0.15) is 0 Å². The van der Waals surface area contributed by atoms with Crippen LogP contribution in [0.25, 0.3) is 6.08 Å². The SMILES string of the molecule is COC(=O)C1=C(C)N=c2s/c(=C\c3ccccc3Cl)c(=O)n2[C@@H]1c1ccc(OC(C)=O)c(OC)c1. The van der Waals surface area contributed by atoms with Gasteiger partial charge in [-0.2, -0.15) is 0 Å². The molecule has 0 radical (unpaired) electrons. The van der Waals surface area contributed by atoms with Crippen molar-refractivity contribution >= 4 is 41.0 Å². The third-order valence-electron chi connectivity index (χ3n) is 5.38. The van der Waals surface area contributed by atoms with Gasteiger partial charge in [-0.1, -0.05) is 47.2 Å². The second kappa shape index (κ2) is 9.89. The Kier molecular flexibility index (Phi) is 6.90. The number of carbonyl (C=O) groups excluding carboxylic acids is 2. The quantitative estimate of drug-likeness (QED) is 0.385. The Hall–Kier alpha value is -3.69. The summed E-state index contributed by atoms with van der Waals surface area (Å²) in [5, 5.41) is 0.507. The smallest absolute Gasteiger partial charge is 0.338 e. The van der Waals surface area contributed by atoms with Crippen molar-refractivity contribution in [3.05, 3.63) is 89.6 Å². The van der Waals surface area contributed by atoms with Gasteiger partial charge in [-0.25, -0.2) is 9.79 Å². The summed E-state index contributed by atoms with van der Waals surface area (Å²) >= 11 is 7.48. The van der Waals surface area contributed by atoms with Crippen LogP contribution in [0.3, 0.4) is 0 Å². The molecule has 10 heteroatoms. The lowest BCUT2D eigenvalue weighted by molar-refractivity contribution is -0.136.